The van der Waals surface area contributed by atoms with Crippen LogP contribution < -0.4 is 4.74 Å². The maximum atomic E-state index is 10.8. The Morgan fingerprint density at radius 3 is 2.60 bits per heavy atom. The Labute approximate surface area is 120 Å². The number of aliphatic hydroxyl groups excluding tert-OH is 1. The monoisotopic (exact) mass is 280 g/mol. The SMILES string of the molecule is CCOC1(C(O)c2ccc(OC)cc2C)CCOCC1. The number of hydrogen-bond donors (Lipinski definition) is 1. The molecule has 1 fully saturated rings. The van der Waals surface area contributed by atoms with E-state index >= 15 is 0 Å². The fraction of sp³-hybridized carbons (Fsp3) is 0.625. The second-order valence-electron chi connectivity index (χ2n) is 5.24. The van der Waals surface area contributed by atoms with E-state index in [9.17, 15) is 5.11 Å². The maximum Gasteiger partial charge on any atom is 0.119 e. The molecule has 0 saturated carbocycles. The van der Waals surface area contributed by atoms with Gasteiger partial charge in [-0.25, -0.2) is 0 Å². The molecule has 1 aromatic rings. The molecule has 1 heterocycles. The highest BCUT2D eigenvalue weighted by Crippen LogP contribution is 2.39. The van der Waals surface area contributed by atoms with Crippen LogP contribution in [0.2, 0.25) is 0 Å². The minimum absolute atomic E-state index is 0.535. The molecule has 0 bridgehead atoms. The van der Waals surface area contributed by atoms with Gasteiger partial charge in [-0.05, 0) is 37.1 Å². The van der Waals surface area contributed by atoms with Crippen LogP contribution in [0.25, 0.3) is 0 Å². The van der Waals surface area contributed by atoms with Gasteiger partial charge >= 0.3 is 0 Å². The van der Waals surface area contributed by atoms with Gasteiger partial charge in [0.15, 0.2) is 0 Å². The molecule has 0 aliphatic carbocycles. The summed E-state index contributed by atoms with van der Waals surface area (Å²) in [5.41, 5.74) is 1.38. The predicted molar refractivity (Wildman–Crippen MR) is 77.1 cm³/mol. The first-order valence-corrected chi connectivity index (χ1v) is 7.17. The first kappa shape index (κ1) is 15.3. The molecule has 4 heteroatoms. The molecule has 0 aromatic heterocycles. The van der Waals surface area contributed by atoms with Crippen LogP contribution in [0.5, 0.6) is 5.75 Å². The minimum atomic E-state index is -0.641. The lowest BCUT2D eigenvalue weighted by Gasteiger charge is -2.41. The van der Waals surface area contributed by atoms with Gasteiger partial charge in [-0.15, -0.1) is 0 Å². The lowest BCUT2D eigenvalue weighted by Crippen LogP contribution is -2.44. The number of rotatable bonds is 5. The Morgan fingerprint density at radius 2 is 2.05 bits per heavy atom. The van der Waals surface area contributed by atoms with Crippen molar-refractivity contribution >= 4 is 0 Å². The predicted octanol–water partition coefficient (Wildman–Crippen LogP) is 2.62. The van der Waals surface area contributed by atoms with Crippen molar-refractivity contribution in [2.45, 2.75) is 38.4 Å². The Bertz CT molecular complexity index is 433. The fourth-order valence-corrected chi connectivity index (χ4v) is 2.87. The molecule has 4 nitrogen and oxygen atoms in total. The van der Waals surface area contributed by atoms with Gasteiger partial charge in [0.2, 0.25) is 0 Å². The van der Waals surface area contributed by atoms with E-state index < -0.39 is 11.7 Å². The van der Waals surface area contributed by atoms with E-state index in [1.165, 1.54) is 0 Å². The molecular weight excluding hydrogens is 256 g/mol. The molecule has 0 radical (unpaired) electrons. The zero-order valence-corrected chi connectivity index (χ0v) is 12.5. The standard InChI is InChI=1S/C16H24O4/c1-4-20-16(7-9-19-10-8-16)15(17)14-6-5-13(18-3)11-12(14)2/h5-6,11,15,17H,4,7-10H2,1-3H3. The Hall–Kier alpha value is -1.10. The highest BCUT2D eigenvalue weighted by Gasteiger charge is 2.41. The van der Waals surface area contributed by atoms with E-state index in [0.29, 0.717) is 32.7 Å². The zero-order valence-electron chi connectivity index (χ0n) is 12.5. The summed E-state index contributed by atoms with van der Waals surface area (Å²) in [6.45, 7) is 5.80. The number of ether oxygens (including phenoxy) is 3. The van der Waals surface area contributed by atoms with Gasteiger partial charge in [-0.3, -0.25) is 0 Å². The van der Waals surface area contributed by atoms with Gasteiger partial charge in [0.25, 0.3) is 0 Å². The van der Waals surface area contributed by atoms with E-state index in [0.717, 1.165) is 16.9 Å². The van der Waals surface area contributed by atoms with Crippen molar-refractivity contribution in [3.05, 3.63) is 29.3 Å². The van der Waals surface area contributed by atoms with Gasteiger partial charge in [0.05, 0.1) is 7.11 Å². The summed E-state index contributed by atoms with van der Waals surface area (Å²) in [5, 5.41) is 10.8. The summed E-state index contributed by atoms with van der Waals surface area (Å²) in [6.07, 6.45) is 0.790. The Kier molecular flexibility index (Phi) is 5.02. The highest BCUT2D eigenvalue weighted by atomic mass is 16.5. The summed E-state index contributed by atoms with van der Waals surface area (Å²) in [6, 6.07) is 5.75. The third-order valence-corrected chi connectivity index (χ3v) is 4.04. The molecule has 1 unspecified atom stereocenters. The maximum absolute atomic E-state index is 10.8. The molecule has 0 amide bonds. The second kappa shape index (κ2) is 6.57. The van der Waals surface area contributed by atoms with Crippen LogP contribution >= 0.6 is 0 Å². The molecule has 1 aliphatic heterocycles. The van der Waals surface area contributed by atoms with E-state index in [-0.39, 0.29) is 0 Å². The number of aliphatic hydroxyl groups is 1. The highest BCUT2D eigenvalue weighted by molar-refractivity contribution is 5.37. The normalized spacial score (nSPS) is 19.6. The fourth-order valence-electron chi connectivity index (χ4n) is 2.87. The van der Waals surface area contributed by atoms with Crippen molar-refractivity contribution in [1.82, 2.24) is 0 Å². The third kappa shape index (κ3) is 2.97. The van der Waals surface area contributed by atoms with Gasteiger partial charge in [-0.1, -0.05) is 6.07 Å². The Balaban J connectivity index is 2.29. The van der Waals surface area contributed by atoms with Crippen LogP contribution in [0, 0.1) is 6.92 Å². The van der Waals surface area contributed by atoms with Crippen molar-refractivity contribution < 1.29 is 19.3 Å². The summed E-state index contributed by atoms with van der Waals surface area (Å²) in [7, 11) is 1.64. The quantitative estimate of drug-likeness (QED) is 0.900. The van der Waals surface area contributed by atoms with Crippen molar-refractivity contribution in [3.63, 3.8) is 0 Å². The second-order valence-corrected chi connectivity index (χ2v) is 5.24. The van der Waals surface area contributed by atoms with Crippen LogP contribution in [0.3, 0.4) is 0 Å². The van der Waals surface area contributed by atoms with E-state index in [2.05, 4.69) is 0 Å². The Morgan fingerprint density at radius 1 is 1.35 bits per heavy atom. The number of benzene rings is 1. The van der Waals surface area contributed by atoms with Crippen LogP contribution in [-0.2, 0) is 9.47 Å². The van der Waals surface area contributed by atoms with Crippen molar-refractivity contribution in [3.8, 4) is 5.75 Å². The van der Waals surface area contributed by atoms with Crippen molar-refractivity contribution in [1.29, 1.82) is 0 Å². The first-order valence-electron chi connectivity index (χ1n) is 7.17. The minimum Gasteiger partial charge on any atom is -0.497 e. The van der Waals surface area contributed by atoms with Crippen LogP contribution in [0.1, 0.15) is 37.0 Å². The average molecular weight is 280 g/mol. The third-order valence-electron chi connectivity index (χ3n) is 4.04. The van der Waals surface area contributed by atoms with Crippen LogP contribution in [0.15, 0.2) is 18.2 Å². The topological polar surface area (TPSA) is 47.9 Å². The molecule has 1 aromatic carbocycles. The van der Waals surface area contributed by atoms with Gasteiger partial charge in [0, 0.05) is 32.7 Å². The molecule has 20 heavy (non-hydrogen) atoms. The van der Waals surface area contributed by atoms with Gasteiger partial charge in [-0.2, -0.15) is 0 Å². The lowest BCUT2D eigenvalue weighted by molar-refractivity contribution is -0.168. The summed E-state index contributed by atoms with van der Waals surface area (Å²) >= 11 is 0. The average Bonchev–Trinajstić information content (AvgIpc) is 2.47. The van der Waals surface area contributed by atoms with E-state index in [1.807, 2.05) is 32.0 Å². The molecule has 1 saturated heterocycles. The molecular formula is C16H24O4. The lowest BCUT2D eigenvalue weighted by atomic mass is 9.82. The largest absolute Gasteiger partial charge is 0.497 e. The number of hydrogen-bond acceptors (Lipinski definition) is 4. The summed E-state index contributed by atoms with van der Waals surface area (Å²) < 4.78 is 16.6. The number of aryl methyl sites for hydroxylation is 1. The van der Waals surface area contributed by atoms with Gasteiger partial charge < -0.3 is 19.3 Å². The van der Waals surface area contributed by atoms with Crippen LogP contribution in [-0.4, -0.2) is 37.6 Å². The van der Waals surface area contributed by atoms with E-state index in [1.54, 1.807) is 7.11 Å². The molecule has 1 aliphatic rings. The smallest absolute Gasteiger partial charge is 0.119 e. The molecule has 112 valence electrons. The first-order chi connectivity index (χ1) is 9.63. The van der Waals surface area contributed by atoms with Crippen molar-refractivity contribution in [2.24, 2.45) is 0 Å². The zero-order chi connectivity index (χ0) is 14.6. The summed E-state index contributed by atoms with van der Waals surface area (Å²) in [5.74, 6) is 0.802. The van der Waals surface area contributed by atoms with Crippen LogP contribution in [0.4, 0.5) is 0 Å². The van der Waals surface area contributed by atoms with Crippen molar-refractivity contribution in [2.75, 3.05) is 26.9 Å². The molecule has 1 atom stereocenters. The molecule has 2 rings (SSSR count). The van der Waals surface area contributed by atoms with Gasteiger partial charge in [0.1, 0.15) is 17.5 Å². The van der Waals surface area contributed by atoms with E-state index in [4.69, 9.17) is 14.2 Å². The molecule has 1 N–H and O–H groups in total. The molecule has 0 spiro atoms. The summed E-state index contributed by atoms with van der Waals surface area (Å²) in [4.78, 5) is 0. The number of methoxy groups -OCH3 is 1.